The maximum atomic E-state index is 12.4. The van der Waals surface area contributed by atoms with Gasteiger partial charge in [0, 0.05) is 19.0 Å². The van der Waals surface area contributed by atoms with Gasteiger partial charge in [-0.3, -0.25) is 9.89 Å². The number of amides is 1. The van der Waals surface area contributed by atoms with Crippen LogP contribution in [0.3, 0.4) is 0 Å². The molecule has 2 aliphatic carbocycles. The number of rotatable bonds is 5. The molecule has 3 rings (SSSR count). The lowest BCUT2D eigenvalue weighted by atomic mass is 9.74. The quantitative estimate of drug-likeness (QED) is 0.816. The van der Waals surface area contributed by atoms with Crippen molar-refractivity contribution in [2.24, 2.45) is 5.41 Å². The molecule has 118 valence electrons. The summed E-state index contributed by atoms with van der Waals surface area (Å²) in [5.74, 6) is 0.768. The normalized spacial score (nSPS) is 20.3. The van der Waals surface area contributed by atoms with Gasteiger partial charge < -0.3 is 9.88 Å². The minimum Gasteiger partial charge on any atom is -0.354 e. The minimum absolute atomic E-state index is 0.123. The first-order valence-corrected chi connectivity index (χ1v) is 8.42. The summed E-state index contributed by atoms with van der Waals surface area (Å²) in [6.07, 6.45) is 7.31. The third-order valence-electron chi connectivity index (χ3n) is 4.68. The molecule has 0 bridgehead atoms. The Hall–Kier alpha value is -1.68. The van der Waals surface area contributed by atoms with Gasteiger partial charge in [0.05, 0.1) is 6.07 Å². The largest absolute Gasteiger partial charge is 0.354 e. The lowest BCUT2D eigenvalue weighted by Crippen LogP contribution is -2.42. The topological polar surface area (TPSA) is 86.5 Å². The van der Waals surface area contributed by atoms with E-state index >= 15 is 0 Å². The van der Waals surface area contributed by atoms with Gasteiger partial charge >= 0.3 is 0 Å². The summed E-state index contributed by atoms with van der Waals surface area (Å²) in [6.45, 7) is 0.495. The Kier molecular flexibility index (Phi) is 4.30. The van der Waals surface area contributed by atoms with Crippen LogP contribution in [-0.4, -0.2) is 27.2 Å². The van der Waals surface area contributed by atoms with Crippen molar-refractivity contribution in [3.63, 3.8) is 0 Å². The number of hydrogen-bond donors (Lipinski definition) is 2. The van der Waals surface area contributed by atoms with Crippen molar-refractivity contribution in [2.75, 3.05) is 6.54 Å². The molecule has 1 heterocycles. The maximum absolute atomic E-state index is 12.4. The van der Waals surface area contributed by atoms with Crippen molar-refractivity contribution < 1.29 is 4.79 Å². The number of aromatic nitrogens is 3. The maximum Gasteiger partial charge on any atom is 0.240 e. The first kappa shape index (κ1) is 15.2. The van der Waals surface area contributed by atoms with E-state index in [1.165, 1.54) is 0 Å². The standard InChI is InChI=1S/C15H21N5OS/c16-10-15(7-2-1-3-8-15)13(21)17-9-6-12-18-19-14(22)20(12)11-4-5-11/h11H,1-9H2,(H,17,21)(H,19,22). The van der Waals surface area contributed by atoms with Gasteiger partial charge in [-0.1, -0.05) is 19.3 Å². The van der Waals surface area contributed by atoms with Gasteiger partial charge in [-0.05, 0) is 37.9 Å². The molecule has 0 unspecified atom stereocenters. The first-order valence-electron chi connectivity index (χ1n) is 8.02. The lowest BCUT2D eigenvalue weighted by Gasteiger charge is -2.29. The highest BCUT2D eigenvalue weighted by molar-refractivity contribution is 7.71. The van der Waals surface area contributed by atoms with Crippen molar-refractivity contribution in [3.05, 3.63) is 10.6 Å². The number of nitrogens with zero attached hydrogens (tertiary/aromatic N) is 3. The average Bonchev–Trinajstić information content (AvgIpc) is 3.31. The molecule has 0 saturated heterocycles. The zero-order valence-corrected chi connectivity index (χ0v) is 13.4. The highest BCUT2D eigenvalue weighted by Gasteiger charge is 2.39. The van der Waals surface area contributed by atoms with E-state index in [-0.39, 0.29) is 5.91 Å². The van der Waals surface area contributed by atoms with Crippen LogP contribution in [0.2, 0.25) is 0 Å². The zero-order valence-electron chi connectivity index (χ0n) is 12.6. The highest BCUT2D eigenvalue weighted by atomic mass is 32.1. The molecule has 2 aliphatic rings. The monoisotopic (exact) mass is 319 g/mol. The Morgan fingerprint density at radius 2 is 2.18 bits per heavy atom. The third kappa shape index (κ3) is 2.93. The highest BCUT2D eigenvalue weighted by Crippen LogP contribution is 2.36. The molecule has 2 saturated carbocycles. The molecule has 1 aromatic rings. The van der Waals surface area contributed by atoms with Crippen LogP contribution < -0.4 is 5.32 Å². The predicted molar refractivity (Wildman–Crippen MR) is 83.5 cm³/mol. The Bertz CT molecular complexity index is 646. The Morgan fingerprint density at radius 1 is 1.45 bits per heavy atom. The smallest absolute Gasteiger partial charge is 0.240 e. The SMILES string of the molecule is N#CC1(C(=O)NCCc2n[nH]c(=S)n2C2CC2)CCCCC1. The molecule has 0 spiro atoms. The molecule has 1 amide bonds. The Balaban J connectivity index is 1.58. The molecule has 2 N–H and O–H groups in total. The number of carbonyl (C=O) groups is 1. The van der Waals surface area contributed by atoms with E-state index in [2.05, 4.69) is 26.2 Å². The molecule has 0 aliphatic heterocycles. The van der Waals surface area contributed by atoms with Crippen LogP contribution in [0.25, 0.3) is 0 Å². The minimum atomic E-state index is -0.820. The molecule has 0 atom stereocenters. The molecule has 6 nitrogen and oxygen atoms in total. The van der Waals surface area contributed by atoms with Crippen LogP contribution in [0, 0.1) is 21.5 Å². The van der Waals surface area contributed by atoms with Crippen LogP contribution in [0.15, 0.2) is 0 Å². The summed E-state index contributed by atoms with van der Waals surface area (Å²) in [4.78, 5) is 12.4. The summed E-state index contributed by atoms with van der Waals surface area (Å²) in [7, 11) is 0. The fraction of sp³-hybridized carbons (Fsp3) is 0.733. The fourth-order valence-corrected chi connectivity index (χ4v) is 3.53. The third-order valence-corrected chi connectivity index (χ3v) is 4.97. The summed E-state index contributed by atoms with van der Waals surface area (Å²) in [5, 5.41) is 19.4. The average molecular weight is 319 g/mol. The molecule has 7 heteroatoms. The Morgan fingerprint density at radius 3 is 2.82 bits per heavy atom. The molecule has 1 aromatic heterocycles. The summed E-state index contributed by atoms with van der Waals surface area (Å²) < 4.78 is 2.71. The molecule has 0 aromatic carbocycles. The van der Waals surface area contributed by atoms with Crippen LogP contribution in [-0.2, 0) is 11.2 Å². The van der Waals surface area contributed by atoms with Gasteiger partial charge in [0.2, 0.25) is 5.91 Å². The van der Waals surface area contributed by atoms with Crippen molar-refractivity contribution in [2.45, 2.75) is 57.4 Å². The van der Waals surface area contributed by atoms with E-state index in [1.54, 1.807) is 0 Å². The number of hydrogen-bond acceptors (Lipinski definition) is 4. The van der Waals surface area contributed by atoms with E-state index < -0.39 is 5.41 Å². The van der Waals surface area contributed by atoms with E-state index in [9.17, 15) is 10.1 Å². The first-order chi connectivity index (χ1) is 10.7. The number of aromatic amines is 1. The van der Waals surface area contributed by atoms with Crippen molar-refractivity contribution >= 4 is 18.1 Å². The van der Waals surface area contributed by atoms with Crippen molar-refractivity contribution in [1.29, 1.82) is 5.26 Å². The van der Waals surface area contributed by atoms with Crippen LogP contribution >= 0.6 is 12.2 Å². The second-order valence-corrected chi connectivity index (χ2v) is 6.69. The predicted octanol–water partition coefficient (Wildman–Crippen LogP) is 2.41. The van der Waals surface area contributed by atoms with E-state index in [4.69, 9.17) is 12.2 Å². The summed E-state index contributed by atoms with van der Waals surface area (Å²) in [6, 6.07) is 2.73. The van der Waals surface area contributed by atoms with Crippen LogP contribution in [0.5, 0.6) is 0 Å². The fourth-order valence-electron chi connectivity index (χ4n) is 3.22. The molecular weight excluding hydrogens is 298 g/mol. The van der Waals surface area contributed by atoms with E-state index in [0.717, 1.165) is 37.9 Å². The second-order valence-electron chi connectivity index (χ2n) is 6.31. The molecular formula is C15H21N5OS. The van der Waals surface area contributed by atoms with Crippen LogP contribution in [0.1, 0.15) is 56.8 Å². The van der Waals surface area contributed by atoms with Crippen molar-refractivity contribution in [3.8, 4) is 6.07 Å². The van der Waals surface area contributed by atoms with Crippen molar-refractivity contribution in [1.82, 2.24) is 20.1 Å². The number of nitriles is 1. The van der Waals surface area contributed by atoms with Gasteiger partial charge in [0.15, 0.2) is 4.77 Å². The van der Waals surface area contributed by atoms with E-state index in [1.807, 2.05) is 0 Å². The number of carbonyl (C=O) groups excluding carboxylic acids is 1. The summed E-state index contributed by atoms with van der Waals surface area (Å²) in [5.41, 5.74) is -0.820. The molecule has 2 fully saturated rings. The molecule has 0 radical (unpaired) electrons. The Labute approximate surface area is 134 Å². The van der Waals surface area contributed by atoms with Gasteiger partial charge in [-0.25, -0.2) is 0 Å². The van der Waals surface area contributed by atoms with Gasteiger partial charge in [0.25, 0.3) is 0 Å². The van der Waals surface area contributed by atoms with Gasteiger partial charge in [-0.15, -0.1) is 0 Å². The lowest BCUT2D eigenvalue weighted by molar-refractivity contribution is -0.129. The number of H-pyrrole nitrogens is 1. The van der Waals surface area contributed by atoms with Crippen LogP contribution in [0.4, 0.5) is 0 Å². The number of nitrogens with one attached hydrogen (secondary N) is 2. The van der Waals surface area contributed by atoms with Gasteiger partial charge in [0.1, 0.15) is 11.2 Å². The summed E-state index contributed by atoms with van der Waals surface area (Å²) >= 11 is 5.24. The van der Waals surface area contributed by atoms with E-state index in [0.29, 0.717) is 36.6 Å². The zero-order chi connectivity index (χ0) is 15.6. The molecule has 22 heavy (non-hydrogen) atoms. The van der Waals surface area contributed by atoms with Gasteiger partial charge in [-0.2, -0.15) is 10.4 Å². The second kappa shape index (κ2) is 6.21.